The van der Waals surface area contributed by atoms with Crippen molar-refractivity contribution in [3.63, 3.8) is 0 Å². The molecule has 0 amide bonds. The molecule has 7 rings (SSSR count). The van der Waals surface area contributed by atoms with Crippen LogP contribution in [0.15, 0.2) is 109 Å². The van der Waals surface area contributed by atoms with E-state index in [1.807, 2.05) is 60.7 Å². The van der Waals surface area contributed by atoms with Gasteiger partial charge in [0.1, 0.15) is 0 Å². The summed E-state index contributed by atoms with van der Waals surface area (Å²) in [5.41, 5.74) is 4.12. The number of para-hydroxylation sites is 2. The van der Waals surface area contributed by atoms with E-state index in [2.05, 4.69) is 41.3 Å². The van der Waals surface area contributed by atoms with Crippen LogP contribution in [0, 0.1) is 0 Å². The van der Waals surface area contributed by atoms with Crippen LogP contribution in [0.3, 0.4) is 0 Å². The van der Waals surface area contributed by atoms with E-state index in [9.17, 15) is 9.59 Å². The molecule has 0 fully saturated rings. The zero-order valence-corrected chi connectivity index (χ0v) is 20.7. The van der Waals surface area contributed by atoms with Crippen molar-refractivity contribution < 1.29 is 9.59 Å². The van der Waals surface area contributed by atoms with Crippen LogP contribution in [0.5, 0.6) is 0 Å². The van der Waals surface area contributed by atoms with E-state index in [0.717, 1.165) is 33.5 Å². The van der Waals surface area contributed by atoms with Crippen LogP contribution >= 0.6 is 0 Å². The Labute approximate surface area is 214 Å². The molecule has 5 aromatic rings. The molecule has 0 atom stereocenters. The van der Waals surface area contributed by atoms with Gasteiger partial charge in [0.2, 0.25) is 0 Å². The molecule has 2 aliphatic rings. The SMILES string of the molecule is O=C1C(=Cc2ccc(N3c4ccccc4[Se]c4ccccc43)nc2)C(=O)c2cc3ccccc3cc21. The number of hydrogen-bond donors (Lipinski definition) is 0. The fourth-order valence-corrected chi connectivity index (χ4v) is 7.09. The first-order valence-electron chi connectivity index (χ1n) is 11.6. The monoisotopic (exact) mass is 530 g/mol. The second-order valence-corrected chi connectivity index (χ2v) is 11.1. The molecule has 0 bridgehead atoms. The first-order valence-corrected chi connectivity index (χ1v) is 13.3. The van der Waals surface area contributed by atoms with Gasteiger partial charge in [-0.25, -0.2) is 0 Å². The van der Waals surface area contributed by atoms with Crippen molar-refractivity contribution in [2.75, 3.05) is 4.90 Å². The Balaban J connectivity index is 1.26. The van der Waals surface area contributed by atoms with Gasteiger partial charge in [0.15, 0.2) is 0 Å². The molecule has 4 aromatic carbocycles. The number of hydrogen-bond acceptors (Lipinski definition) is 4. The quantitative estimate of drug-likeness (QED) is 0.177. The Morgan fingerprint density at radius 1 is 0.667 bits per heavy atom. The van der Waals surface area contributed by atoms with Crippen molar-refractivity contribution in [2.24, 2.45) is 0 Å². The second kappa shape index (κ2) is 8.13. The van der Waals surface area contributed by atoms with Crippen molar-refractivity contribution in [1.82, 2.24) is 4.98 Å². The number of carbonyl (C=O) groups excluding carboxylic acids is 2. The topological polar surface area (TPSA) is 50.3 Å². The van der Waals surface area contributed by atoms with E-state index < -0.39 is 0 Å². The van der Waals surface area contributed by atoms with Crippen molar-refractivity contribution in [2.45, 2.75) is 0 Å². The van der Waals surface area contributed by atoms with Gasteiger partial charge in [-0.15, -0.1) is 0 Å². The maximum absolute atomic E-state index is 13.1. The van der Waals surface area contributed by atoms with E-state index in [0.29, 0.717) is 11.1 Å². The van der Waals surface area contributed by atoms with Gasteiger partial charge >= 0.3 is 179 Å². The number of allylic oxidation sites excluding steroid dienone is 1. The molecule has 170 valence electrons. The zero-order chi connectivity index (χ0) is 24.2. The van der Waals surface area contributed by atoms with Gasteiger partial charge in [-0.05, 0) is 10.8 Å². The summed E-state index contributed by atoms with van der Waals surface area (Å²) < 4.78 is 2.62. The van der Waals surface area contributed by atoms with Crippen molar-refractivity contribution in [3.8, 4) is 0 Å². The third-order valence-electron chi connectivity index (χ3n) is 6.61. The summed E-state index contributed by atoms with van der Waals surface area (Å²) in [5.74, 6) is 0.336. The number of carbonyl (C=O) groups is 2. The van der Waals surface area contributed by atoms with Crippen molar-refractivity contribution in [3.05, 3.63) is 126 Å². The minimum atomic E-state index is -0.231. The molecular weight excluding hydrogens is 511 g/mol. The van der Waals surface area contributed by atoms with Crippen molar-refractivity contribution >= 4 is 69.5 Å². The molecule has 5 heteroatoms. The zero-order valence-electron chi connectivity index (χ0n) is 19.0. The average Bonchev–Trinajstić information content (AvgIpc) is 3.15. The third kappa shape index (κ3) is 3.25. The number of nitrogens with zero attached hydrogens (tertiary/aromatic N) is 2. The fraction of sp³-hybridized carbons (Fsp3) is 0. The molecule has 0 radical (unpaired) electrons. The number of anilines is 3. The van der Waals surface area contributed by atoms with Crippen LogP contribution in [0.2, 0.25) is 0 Å². The molecule has 0 spiro atoms. The van der Waals surface area contributed by atoms with E-state index in [1.54, 1.807) is 12.3 Å². The van der Waals surface area contributed by atoms with Crippen LogP contribution in [0.4, 0.5) is 17.2 Å². The fourth-order valence-electron chi connectivity index (χ4n) is 4.87. The summed E-state index contributed by atoms with van der Waals surface area (Å²) in [6.45, 7) is 0. The summed E-state index contributed by atoms with van der Waals surface area (Å²) in [7, 11) is 0. The Morgan fingerprint density at radius 3 is 1.78 bits per heavy atom. The summed E-state index contributed by atoms with van der Waals surface area (Å²) >= 11 is 0.233. The summed E-state index contributed by atoms with van der Waals surface area (Å²) in [4.78, 5) is 33.2. The summed E-state index contributed by atoms with van der Waals surface area (Å²) in [6, 6.07) is 32.1. The number of Topliss-reactive ketones (excluding diaryl/α,β-unsaturated/α-hetero) is 2. The number of pyridine rings is 1. The van der Waals surface area contributed by atoms with Gasteiger partial charge in [0.05, 0.1) is 0 Å². The molecule has 36 heavy (non-hydrogen) atoms. The van der Waals surface area contributed by atoms with Crippen LogP contribution in [-0.4, -0.2) is 31.5 Å². The van der Waals surface area contributed by atoms with E-state index in [4.69, 9.17) is 4.98 Å². The maximum atomic E-state index is 13.1. The predicted octanol–water partition coefficient (Wildman–Crippen LogP) is 5.14. The van der Waals surface area contributed by atoms with Crippen LogP contribution in [-0.2, 0) is 0 Å². The van der Waals surface area contributed by atoms with Gasteiger partial charge in [0, 0.05) is 0 Å². The van der Waals surface area contributed by atoms with Crippen molar-refractivity contribution in [1.29, 1.82) is 0 Å². The average molecular weight is 529 g/mol. The standard InChI is InChI=1S/C31H18N2O2Se/c34-30-22-16-20-7-1-2-8-21(20)17-23(22)31(35)24(30)15-19-13-14-29(32-18-19)33-25-9-3-5-11-27(25)36-28-12-6-4-10-26(28)33/h1-18H. The van der Waals surface area contributed by atoms with Crippen LogP contribution in [0.25, 0.3) is 16.8 Å². The predicted molar refractivity (Wildman–Crippen MR) is 145 cm³/mol. The van der Waals surface area contributed by atoms with E-state index >= 15 is 0 Å². The van der Waals surface area contributed by atoms with Gasteiger partial charge in [-0.3, -0.25) is 0 Å². The minimum absolute atomic E-state index is 0.186. The second-order valence-electron chi connectivity index (χ2n) is 8.78. The first-order chi connectivity index (χ1) is 17.7. The number of fused-ring (bicyclic) bond motifs is 4. The van der Waals surface area contributed by atoms with Gasteiger partial charge < -0.3 is 0 Å². The molecule has 0 saturated carbocycles. The molecule has 0 unspecified atom stereocenters. The number of aromatic nitrogens is 1. The number of benzene rings is 4. The molecule has 2 heterocycles. The molecule has 1 aromatic heterocycles. The normalized spacial score (nSPS) is 14.0. The van der Waals surface area contributed by atoms with E-state index in [1.165, 1.54) is 8.92 Å². The molecular formula is C31H18N2O2Se. The Hall–Kier alpha value is -4.31. The Kier molecular flexibility index (Phi) is 4.74. The summed E-state index contributed by atoms with van der Waals surface area (Å²) in [5, 5.41) is 1.90. The van der Waals surface area contributed by atoms with Crippen LogP contribution in [0.1, 0.15) is 26.3 Å². The summed E-state index contributed by atoms with van der Waals surface area (Å²) in [6.07, 6.45) is 3.39. The molecule has 1 aliphatic heterocycles. The number of rotatable bonds is 2. The molecule has 1 aliphatic carbocycles. The third-order valence-corrected chi connectivity index (χ3v) is 8.98. The van der Waals surface area contributed by atoms with Crippen LogP contribution < -0.4 is 13.8 Å². The molecule has 4 nitrogen and oxygen atoms in total. The first kappa shape index (κ1) is 21.0. The Bertz CT molecular complexity index is 1650. The number of ketones is 2. The van der Waals surface area contributed by atoms with E-state index in [-0.39, 0.29) is 32.1 Å². The van der Waals surface area contributed by atoms with Gasteiger partial charge in [-0.1, -0.05) is 24.3 Å². The molecule has 0 N–H and O–H groups in total. The Morgan fingerprint density at radius 2 is 1.22 bits per heavy atom. The molecule has 0 saturated heterocycles. The van der Waals surface area contributed by atoms with Gasteiger partial charge in [-0.2, -0.15) is 0 Å². The van der Waals surface area contributed by atoms with Gasteiger partial charge in [0.25, 0.3) is 0 Å².